The molecule has 1 saturated carbocycles. The molecule has 2 saturated heterocycles. The average molecular weight is 471 g/mol. The van der Waals surface area contributed by atoms with Gasteiger partial charge in [-0.2, -0.15) is 0 Å². The van der Waals surface area contributed by atoms with Crippen molar-refractivity contribution in [2.24, 2.45) is 0 Å². The molecule has 0 aromatic heterocycles. The molecular formula is C16H26N2O2S6. The maximum atomic E-state index is 12.3. The van der Waals surface area contributed by atoms with Gasteiger partial charge in [0.25, 0.3) is 8.89 Å². The van der Waals surface area contributed by atoms with E-state index in [-0.39, 0.29) is 13.0 Å². The van der Waals surface area contributed by atoms with E-state index in [1.807, 2.05) is 0 Å². The van der Waals surface area contributed by atoms with Crippen LogP contribution in [0.15, 0.2) is 0 Å². The summed E-state index contributed by atoms with van der Waals surface area (Å²) in [7, 11) is 6.19. The molecular weight excluding hydrogens is 445 g/mol. The van der Waals surface area contributed by atoms with Crippen LogP contribution in [0.5, 0.6) is 0 Å². The second-order valence-corrected chi connectivity index (χ2v) is 14.6. The minimum Gasteiger partial charge on any atom is -0.272 e. The van der Waals surface area contributed by atoms with Crippen LogP contribution in [0.3, 0.4) is 0 Å². The highest BCUT2D eigenvalue weighted by molar-refractivity contribution is 8.93. The zero-order valence-electron chi connectivity index (χ0n) is 14.9. The lowest BCUT2D eigenvalue weighted by Crippen LogP contribution is -2.22. The highest BCUT2D eigenvalue weighted by atomic mass is 33.1. The molecule has 0 aromatic rings. The van der Waals surface area contributed by atoms with Crippen molar-refractivity contribution in [3.63, 3.8) is 0 Å². The summed E-state index contributed by atoms with van der Waals surface area (Å²) in [6.07, 6.45) is 10.6. The van der Waals surface area contributed by atoms with Crippen LogP contribution in [0.1, 0.15) is 57.8 Å². The molecule has 3 rings (SSSR count). The standard InChI is InChI=1S/C16H26N2O2S6/c19-14(21-17-10-4-5-11-17)23-25-16(8-2-1-3-9-16)26-24-15(20)22-18-12-6-7-13-18/h1-13H2. The molecule has 3 aliphatic rings. The lowest BCUT2D eigenvalue weighted by atomic mass is 10.00. The van der Waals surface area contributed by atoms with Gasteiger partial charge in [0.2, 0.25) is 0 Å². The van der Waals surface area contributed by atoms with E-state index < -0.39 is 0 Å². The van der Waals surface area contributed by atoms with Crippen molar-refractivity contribution in [3.05, 3.63) is 0 Å². The Bertz CT molecular complexity index is 441. The predicted octanol–water partition coefficient (Wildman–Crippen LogP) is 7.14. The van der Waals surface area contributed by atoms with E-state index in [4.69, 9.17) is 0 Å². The molecule has 0 radical (unpaired) electrons. The molecule has 0 spiro atoms. The molecule has 0 atom stereocenters. The third-order valence-corrected chi connectivity index (χ3v) is 14.1. The second-order valence-electron chi connectivity index (χ2n) is 6.76. The topological polar surface area (TPSA) is 40.6 Å². The van der Waals surface area contributed by atoms with Crippen LogP contribution in [-0.2, 0) is 0 Å². The van der Waals surface area contributed by atoms with E-state index in [0.29, 0.717) is 0 Å². The zero-order chi connectivity index (χ0) is 18.2. The lowest BCUT2D eigenvalue weighted by molar-refractivity contribution is 0.275. The minimum atomic E-state index is -0.00393. The van der Waals surface area contributed by atoms with Crippen molar-refractivity contribution in [1.82, 2.24) is 8.61 Å². The van der Waals surface area contributed by atoms with Gasteiger partial charge in [0.15, 0.2) is 0 Å². The smallest absolute Gasteiger partial charge is 0.271 e. The molecule has 2 aliphatic heterocycles. The quantitative estimate of drug-likeness (QED) is 0.227. The summed E-state index contributed by atoms with van der Waals surface area (Å²) >= 11 is 2.77. The van der Waals surface area contributed by atoms with Crippen molar-refractivity contribution < 1.29 is 9.59 Å². The van der Waals surface area contributed by atoms with E-state index in [2.05, 4.69) is 8.61 Å². The maximum absolute atomic E-state index is 12.3. The van der Waals surface area contributed by atoms with E-state index in [1.165, 1.54) is 90.4 Å². The van der Waals surface area contributed by atoms with Crippen molar-refractivity contribution >= 4 is 76.0 Å². The molecule has 4 nitrogen and oxygen atoms in total. The largest absolute Gasteiger partial charge is 0.272 e. The fourth-order valence-corrected chi connectivity index (χ4v) is 12.0. The third-order valence-electron chi connectivity index (χ3n) is 4.68. The van der Waals surface area contributed by atoms with Crippen LogP contribution < -0.4 is 0 Å². The molecule has 0 aromatic carbocycles. The van der Waals surface area contributed by atoms with Crippen LogP contribution in [0.2, 0.25) is 0 Å². The van der Waals surface area contributed by atoms with Gasteiger partial charge in [-0.25, -0.2) is 8.61 Å². The molecule has 0 amide bonds. The fourth-order valence-electron chi connectivity index (χ4n) is 3.29. The summed E-state index contributed by atoms with van der Waals surface area (Å²) in [6.45, 7) is 4.11. The summed E-state index contributed by atoms with van der Waals surface area (Å²) in [5.41, 5.74) is 0. The molecule has 0 N–H and O–H groups in total. The highest BCUT2D eigenvalue weighted by Crippen LogP contribution is 2.58. The monoisotopic (exact) mass is 470 g/mol. The average Bonchev–Trinajstić information content (AvgIpc) is 3.34. The Morgan fingerprint density at radius 3 is 1.46 bits per heavy atom. The number of hydrogen-bond donors (Lipinski definition) is 0. The fraction of sp³-hybridized carbons (Fsp3) is 0.875. The number of carbonyl (C=O) groups excluding carboxylic acids is 2. The van der Waals surface area contributed by atoms with Crippen LogP contribution >= 0.6 is 67.1 Å². The van der Waals surface area contributed by atoms with Gasteiger partial charge in [-0.3, -0.25) is 9.59 Å². The number of carbonyl (C=O) groups is 2. The first-order valence-corrected chi connectivity index (χ1v) is 15.1. The summed E-state index contributed by atoms with van der Waals surface area (Å²) < 4.78 is 4.73. The summed E-state index contributed by atoms with van der Waals surface area (Å²) in [4.78, 5) is 24.6. The van der Waals surface area contributed by atoms with Gasteiger partial charge in [0, 0.05) is 50.1 Å². The molecule has 2 heterocycles. The maximum Gasteiger partial charge on any atom is 0.271 e. The molecule has 26 heavy (non-hydrogen) atoms. The Labute approximate surface area is 181 Å². The first-order chi connectivity index (χ1) is 12.7. The van der Waals surface area contributed by atoms with E-state index in [1.54, 1.807) is 21.6 Å². The molecule has 3 fully saturated rings. The lowest BCUT2D eigenvalue weighted by Gasteiger charge is -2.34. The first kappa shape index (κ1) is 22.1. The van der Waals surface area contributed by atoms with E-state index >= 15 is 0 Å². The molecule has 10 heteroatoms. The van der Waals surface area contributed by atoms with Crippen molar-refractivity contribution in [2.75, 3.05) is 26.2 Å². The van der Waals surface area contributed by atoms with Crippen molar-refractivity contribution in [3.8, 4) is 0 Å². The summed E-state index contributed by atoms with van der Waals surface area (Å²) in [5, 5.41) is 0. The van der Waals surface area contributed by atoms with Gasteiger partial charge < -0.3 is 0 Å². The summed E-state index contributed by atoms with van der Waals surface area (Å²) in [6, 6.07) is 0. The van der Waals surface area contributed by atoms with E-state index in [9.17, 15) is 9.59 Å². The normalized spacial score (nSPS) is 24.2. The Morgan fingerprint density at radius 2 is 1.04 bits per heavy atom. The molecule has 0 bridgehead atoms. The highest BCUT2D eigenvalue weighted by Gasteiger charge is 2.36. The SMILES string of the molecule is O=C(SSC1(SSC(=O)SN2CCCC2)CCCCC1)SN1CCCC1. The summed E-state index contributed by atoms with van der Waals surface area (Å²) in [5.74, 6) is 0. The molecule has 1 aliphatic carbocycles. The third kappa shape index (κ3) is 7.31. The zero-order valence-corrected chi connectivity index (χ0v) is 19.8. The predicted molar refractivity (Wildman–Crippen MR) is 124 cm³/mol. The van der Waals surface area contributed by atoms with Crippen molar-refractivity contribution in [1.29, 1.82) is 0 Å². The van der Waals surface area contributed by atoms with Gasteiger partial charge in [0.05, 0.1) is 4.08 Å². The number of nitrogens with zero attached hydrogens (tertiary/aromatic N) is 2. The van der Waals surface area contributed by atoms with E-state index in [0.717, 1.165) is 39.0 Å². The first-order valence-electron chi connectivity index (χ1n) is 9.30. The van der Waals surface area contributed by atoms with Gasteiger partial charge in [-0.15, -0.1) is 0 Å². The van der Waals surface area contributed by atoms with Gasteiger partial charge in [0.1, 0.15) is 0 Å². The Morgan fingerprint density at radius 1 is 0.615 bits per heavy atom. The van der Waals surface area contributed by atoms with Crippen LogP contribution in [0, 0.1) is 0 Å². The van der Waals surface area contributed by atoms with Gasteiger partial charge in [-0.05, 0) is 60.1 Å². The number of rotatable bonds is 6. The Hall–Kier alpha value is 1.36. The number of hydrogen-bond acceptors (Lipinski definition) is 10. The van der Waals surface area contributed by atoms with Gasteiger partial charge in [-0.1, -0.05) is 40.9 Å². The van der Waals surface area contributed by atoms with Gasteiger partial charge >= 0.3 is 0 Å². The molecule has 0 unspecified atom stereocenters. The Balaban J connectivity index is 1.44. The van der Waals surface area contributed by atoms with Crippen LogP contribution in [-0.4, -0.2) is 47.8 Å². The minimum absolute atomic E-state index is 0.00393. The Kier molecular flexibility index (Phi) is 9.77. The van der Waals surface area contributed by atoms with Crippen molar-refractivity contribution in [2.45, 2.75) is 61.9 Å². The van der Waals surface area contributed by atoms with Crippen LogP contribution in [0.4, 0.5) is 9.59 Å². The second kappa shape index (κ2) is 11.5. The van der Waals surface area contributed by atoms with Crippen LogP contribution in [0.25, 0.3) is 0 Å². The molecule has 148 valence electrons.